The van der Waals surface area contributed by atoms with E-state index in [2.05, 4.69) is 14.8 Å². The Morgan fingerprint density at radius 1 is 1.33 bits per heavy atom. The topological polar surface area (TPSA) is 97.2 Å². The summed E-state index contributed by atoms with van der Waals surface area (Å²) in [6.07, 6.45) is 2.19. The molecule has 0 bridgehead atoms. The Labute approximate surface area is 158 Å². The normalized spacial score (nSPS) is 21.8. The molecule has 1 aromatic heterocycles. The Kier molecular flexibility index (Phi) is 4.31. The number of fused-ring (bicyclic) bond motifs is 2. The van der Waals surface area contributed by atoms with Gasteiger partial charge in [0.1, 0.15) is 11.6 Å². The summed E-state index contributed by atoms with van der Waals surface area (Å²) in [6, 6.07) is 4.61. The molecule has 2 unspecified atom stereocenters. The lowest BCUT2D eigenvalue weighted by molar-refractivity contribution is -0.116. The Hall–Kier alpha value is -2.26. The van der Waals surface area contributed by atoms with Crippen LogP contribution in [0, 0.1) is 6.92 Å². The number of hydrogen-bond acceptors (Lipinski definition) is 5. The van der Waals surface area contributed by atoms with Crippen molar-refractivity contribution in [2.24, 2.45) is 0 Å². The zero-order valence-corrected chi connectivity index (χ0v) is 16.5. The molecule has 144 valence electrons. The summed E-state index contributed by atoms with van der Waals surface area (Å²) in [5.74, 6) is 1.28. The lowest BCUT2D eigenvalue weighted by Gasteiger charge is -2.23. The van der Waals surface area contributed by atoms with Crippen LogP contribution in [0.15, 0.2) is 23.1 Å². The van der Waals surface area contributed by atoms with E-state index in [9.17, 15) is 13.2 Å². The Morgan fingerprint density at radius 2 is 2.11 bits per heavy atom. The van der Waals surface area contributed by atoms with Crippen molar-refractivity contribution in [2.75, 3.05) is 4.90 Å². The molecule has 2 aliphatic heterocycles. The van der Waals surface area contributed by atoms with Gasteiger partial charge in [0, 0.05) is 25.2 Å². The first-order chi connectivity index (χ1) is 12.8. The number of sulfonamides is 1. The van der Waals surface area contributed by atoms with Crippen LogP contribution < -0.4 is 9.62 Å². The van der Waals surface area contributed by atoms with E-state index in [0.717, 1.165) is 24.2 Å². The lowest BCUT2D eigenvalue weighted by Crippen LogP contribution is -2.33. The van der Waals surface area contributed by atoms with E-state index in [1.807, 2.05) is 6.92 Å². The highest BCUT2D eigenvalue weighted by molar-refractivity contribution is 7.89. The summed E-state index contributed by atoms with van der Waals surface area (Å²) in [6.45, 7) is 6.05. The van der Waals surface area contributed by atoms with Gasteiger partial charge in [-0.25, -0.2) is 22.8 Å². The minimum Gasteiger partial charge on any atom is -0.309 e. The lowest BCUT2D eigenvalue weighted by atomic mass is 10.1. The highest BCUT2D eigenvalue weighted by Crippen LogP contribution is 2.34. The molecule has 0 spiro atoms. The predicted molar refractivity (Wildman–Crippen MR) is 99.8 cm³/mol. The van der Waals surface area contributed by atoms with E-state index >= 15 is 0 Å². The number of aryl methyl sites for hydroxylation is 2. The summed E-state index contributed by atoms with van der Waals surface area (Å²) in [7, 11) is -3.70. The largest absolute Gasteiger partial charge is 0.309 e. The van der Waals surface area contributed by atoms with Crippen molar-refractivity contribution in [3.8, 4) is 0 Å². The number of nitrogens with zero attached hydrogens (tertiary/aromatic N) is 4. The molecule has 2 aromatic rings. The van der Waals surface area contributed by atoms with Crippen molar-refractivity contribution >= 4 is 21.6 Å². The highest BCUT2D eigenvalue weighted by Gasteiger charge is 2.32. The minimum atomic E-state index is -3.70. The van der Waals surface area contributed by atoms with Crippen molar-refractivity contribution in [3.63, 3.8) is 0 Å². The molecule has 1 amide bonds. The first-order valence-electron chi connectivity index (χ1n) is 9.12. The second-order valence-electron chi connectivity index (χ2n) is 7.29. The van der Waals surface area contributed by atoms with Gasteiger partial charge in [0.25, 0.3) is 0 Å². The third-order valence-electron chi connectivity index (χ3n) is 5.19. The van der Waals surface area contributed by atoms with E-state index in [1.165, 1.54) is 6.92 Å². The summed E-state index contributed by atoms with van der Waals surface area (Å²) >= 11 is 0. The van der Waals surface area contributed by atoms with E-state index in [4.69, 9.17) is 0 Å². The molecule has 1 aromatic carbocycles. The number of aromatic nitrogens is 3. The van der Waals surface area contributed by atoms with Crippen LogP contribution >= 0.6 is 0 Å². The Morgan fingerprint density at radius 3 is 2.85 bits per heavy atom. The molecule has 0 fully saturated rings. The number of carbonyl (C=O) groups is 1. The van der Waals surface area contributed by atoms with Gasteiger partial charge in [-0.15, -0.1) is 0 Å². The zero-order valence-electron chi connectivity index (χ0n) is 15.6. The highest BCUT2D eigenvalue weighted by atomic mass is 32.2. The van der Waals surface area contributed by atoms with Crippen molar-refractivity contribution in [1.29, 1.82) is 0 Å². The predicted octanol–water partition coefficient (Wildman–Crippen LogP) is 1.70. The molecule has 3 heterocycles. The SMILES string of the molecule is CC(=O)N1c2ccc(S(=O)(=O)NC3CCCn4nc(C)nc43)cc2CC1C. The fourth-order valence-corrected chi connectivity index (χ4v) is 5.37. The Balaban J connectivity index is 1.63. The molecule has 0 saturated heterocycles. The van der Waals surface area contributed by atoms with Crippen LogP contribution in [0.3, 0.4) is 0 Å². The molecule has 1 N–H and O–H groups in total. The molecular weight excluding hydrogens is 366 g/mol. The molecule has 8 nitrogen and oxygen atoms in total. The van der Waals surface area contributed by atoms with E-state index < -0.39 is 10.0 Å². The minimum absolute atomic E-state index is 0.0308. The third kappa shape index (κ3) is 3.14. The van der Waals surface area contributed by atoms with Gasteiger partial charge in [0.05, 0.1) is 10.9 Å². The van der Waals surface area contributed by atoms with Crippen LogP contribution in [0.5, 0.6) is 0 Å². The van der Waals surface area contributed by atoms with Crippen LogP contribution in [-0.2, 0) is 27.8 Å². The molecule has 27 heavy (non-hydrogen) atoms. The fraction of sp³-hybridized carbons (Fsp3) is 0.500. The number of rotatable bonds is 3. The number of amides is 1. The molecule has 2 aliphatic rings. The van der Waals surface area contributed by atoms with Crippen molar-refractivity contribution < 1.29 is 13.2 Å². The Bertz CT molecular complexity index is 1010. The van der Waals surface area contributed by atoms with Crippen molar-refractivity contribution in [1.82, 2.24) is 19.5 Å². The van der Waals surface area contributed by atoms with Gasteiger partial charge in [0.15, 0.2) is 0 Å². The maximum atomic E-state index is 13.0. The van der Waals surface area contributed by atoms with Crippen LogP contribution in [0.1, 0.15) is 49.9 Å². The molecule has 0 saturated carbocycles. The van der Waals surface area contributed by atoms with E-state index in [0.29, 0.717) is 24.5 Å². The standard InChI is InChI=1S/C18H23N5O3S/c1-11-9-14-10-15(6-7-17(14)23(11)13(3)24)27(25,26)21-16-5-4-8-22-18(16)19-12(2)20-22/h6-7,10-11,16,21H,4-5,8-9H2,1-3H3. The van der Waals surface area contributed by atoms with Gasteiger partial charge in [-0.2, -0.15) is 5.10 Å². The molecule has 4 rings (SSSR count). The number of benzene rings is 1. The third-order valence-corrected chi connectivity index (χ3v) is 6.66. The zero-order chi connectivity index (χ0) is 19.3. The quantitative estimate of drug-likeness (QED) is 0.862. The summed E-state index contributed by atoms with van der Waals surface area (Å²) in [5, 5.41) is 4.32. The monoisotopic (exact) mass is 389 g/mol. The van der Waals surface area contributed by atoms with Crippen LogP contribution in [0.4, 0.5) is 5.69 Å². The first kappa shape index (κ1) is 18.1. The fourth-order valence-electron chi connectivity index (χ4n) is 4.09. The summed E-state index contributed by atoms with van der Waals surface area (Å²) < 4.78 is 30.5. The van der Waals surface area contributed by atoms with Crippen LogP contribution in [0.2, 0.25) is 0 Å². The number of nitrogens with one attached hydrogen (secondary N) is 1. The molecular formula is C18H23N5O3S. The second kappa shape index (κ2) is 6.42. The maximum absolute atomic E-state index is 13.0. The van der Waals surface area contributed by atoms with Gasteiger partial charge in [-0.1, -0.05) is 0 Å². The van der Waals surface area contributed by atoms with Gasteiger partial charge < -0.3 is 4.90 Å². The molecule has 2 atom stereocenters. The van der Waals surface area contributed by atoms with Gasteiger partial charge >= 0.3 is 0 Å². The van der Waals surface area contributed by atoms with E-state index in [1.54, 1.807) is 34.7 Å². The smallest absolute Gasteiger partial charge is 0.241 e. The molecule has 0 radical (unpaired) electrons. The average Bonchev–Trinajstić information content (AvgIpc) is 3.12. The number of anilines is 1. The van der Waals surface area contributed by atoms with Crippen molar-refractivity contribution in [3.05, 3.63) is 35.4 Å². The van der Waals surface area contributed by atoms with Gasteiger partial charge in [0.2, 0.25) is 15.9 Å². The first-order valence-corrected chi connectivity index (χ1v) is 10.6. The number of hydrogen-bond donors (Lipinski definition) is 1. The van der Waals surface area contributed by atoms with Gasteiger partial charge in [-0.05, 0) is 56.9 Å². The molecule has 9 heteroatoms. The molecule has 0 aliphatic carbocycles. The summed E-state index contributed by atoms with van der Waals surface area (Å²) in [5.41, 5.74) is 1.67. The van der Waals surface area contributed by atoms with Crippen molar-refractivity contribution in [2.45, 2.75) is 63.6 Å². The number of carbonyl (C=O) groups excluding carboxylic acids is 1. The average molecular weight is 389 g/mol. The van der Waals surface area contributed by atoms with Gasteiger partial charge in [-0.3, -0.25) is 4.79 Å². The van der Waals surface area contributed by atoms with E-state index in [-0.39, 0.29) is 22.9 Å². The van der Waals surface area contributed by atoms with Crippen LogP contribution in [-0.4, -0.2) is 35.1 Å². The summed E-state index contributed by atoms with van der Waals surface area (Å²) in [4.78, 5) is 18.2. The maximum Gasteiger partial charge on any atom is 0.241 e. The second-order valence-corrected chi connectivity index (χ2v) is 9.00. The van der Waals surface area contributed by atoms with Crippen LogP contribution in [0.25, 0.3) is 0 Å².